The SMILES string of the molecule is COCON1C(=O)[C@H]([C@H](O)C(C)C)N(Cc2ccccc2)[C@@H](Cc2ccccc2)C1=O. The molecule has 1 aliphatic heterocycles. The number of carbonyl (C=O) groups excluding carboxylic acids is 2. The number of hydroxylamine groups is 2. The molecule has 0 aliphatic carbocycles. The lowest BCUT2D eigenvalue weighted by atomic mass is 9.91. The molecule has 7 heteroatoms. The quantitative estimate of drug-likeness (QED) is 0.490. The van der Waals surface area contributed by atoms with Gasteiger partial charge in [-0.05, 0) is 23.5 Å². The number of hydrogen-bond acceptors (Lipinski definition) is 6. The molecule has 7 nitrogen and oxygen atoms in total. The number of piperazine rings is 1. The first-order valence-electron chi connectivity index (χ1n) is 10.4. The second kappa shape index (κ2) is 10.6. The van der Waals surface area contributed by atoms with Crippen LogP contribution in [0.3, 0.4) is 0 Å². The van der Waals surface area contributed by atoms with Crippen molar-refractivity contribution in [2.75, 3.05) is 13.9 Å². The molecule has 1 N–H and O–H groups in total. The van der Waals surface area contributed by atoms with E-state index in [-0.39, 0.29) is 12.7 Å². The zero-order valence-electron chi connectivity index (χ0n) is 18.2. The average Bonchev–Trinajstić information content (AvgIpc) is 2.77. The zero-order valence-corrected chi connectivity index (χ0v) is 18.2. The standard InChI is InChI=1S/C24H30N2O5/c1-17(2)22(27)21-24(29)26(31-16-30-3)23(28)20(14-18-10-6-4-7-11-18)25(21)15-19-12-8-5-9-13-19/h4-13,17,20-22,27H,14-16H2,1-3H3/t20-,21-,22+/m0/s1. The van der Waals surface area contributed by atoms with Gasteiger partial charge in [0.15, 0.2) is 6.79 Å². The van der Waals surface area contributed by atoms with Crippen molar-refractivity contribution in [3.8, 4) is 0 Å². The first-order valence-corrected chi connectivity index (χ1v) is 10.4. The van der Waals surface area contributed by atoms with Crippen molar-refractivity contribution in [1.29, 1.82) is 0 Å². The van der Waals surface area contributed by atoms with Crippen LogP contribution < -0.4 is 0 Å². The van der Waals surface area contributed by atoms with Gasteiger partial charge < -0.3 is 9.84 Å². The van der Waals surface area contributed by atoms with Crippen molar-refractivity contribution in [2.24, 2.45) is 5.92 Å². The molecule has 1 heterocycles. The highest BCUT2D eigenvalue weighted by Crippen LogP contribution is 2.28. The number of amides is 2. The molecular formula is C24H30N2O5. The summed E-state index contributed by atoms with van der Waals surface area (Å²) in [5, 5.41) is 11.8. The zero-order chi connectivity index (χ0) is 22.4. The first kappa shape index (κ1) is 23.1. The van der Waals surface area contributed by atoms with E-state index in [0.717, 1.165) is 16.2 Å². The second-order valence-electron chi connectivity index (χ2n) is 8.05. The summed E-state index contributed by atoms with van der Waals surface area (Å²) < 4.78 is 4.92. The lowest BCUT2D eigenvalue weighted by molar-refractivity contribution is -0.238. The third kappa shape index (κ3) is 5.37. The highest BCUT2D eigenvalue weighted by atomic mass is 16.8. The number of methoxy groups -OCH3 is 1. The lowest BCUT2D eigenvalue weighted by Gasteiger charge is -2.46. The predicted molar refractivity (Wildman–Crippen MR) is 115 cm³/mol. The van der Waals surface area contributed by atoms with Crippen molar-refractivity contribution < 1.29 is 24.3 Å². The van der Waals surface area contributed by atoms with Gasteiger partial charge in [-0.25, -0.2) is 4.84 Å². The summed E-state index contributed by atoms with van der Waals surface area (Å²) >= 11 is 0. The Labute approximate surface area is 183 Å². The fourth-order valence-corrected chi connectivity index (χ4v) is 3.83. The van der Waals surface area contributed by atoms with Crippen molar-refractivity contribution in [1.82, 2.24) is 9.96 Å². The molecule has 3 rings (SSSR count). The summed E-state index contributed by atoms with van der Waals surface area (Å²) in [7, 11) is 1.42. The number of aliphatic hydroxyl groups excluding tert-OH is 1. The van der Waals surface area contributed by atoms with E-state index >= 15 is 0 Å². The van der Waals surface area contributed by atoms with Crippen molar-refractivity contribution in [3.63, 3.8) is 0 Å². The summed E-state index contributed by atoms with van der Waals surface area (Å²) in [6, 6.07) is 17.6. The van der Waals surface area contributed by atoms with E-state index in [1.165, 1.54) is 7.11 Å². The number of carbonyl (C=O) groups is 2. The summed E-state index contributed by atoms with van der Waals surface area (Å²) in [6.45, 7) is 3.81. The maximum absolute atomic E-state index is 13.4. The molecule has 0 radical (unpaired) electrons. The Morgan fingerprint density at radius 3 is 2.06 bits per heavy atom. The maximum atomic E-state index is 13.4. The van der Waals surface area contributed by atoms with Gasteiger partial charge in [-0.3, -0.25) is 14.5 Å². The normalized spacial score (nSPS) is 21.0. The molecule has 0 bridgehead atoms. The topological polar surface area (TPSA) is 79.3 Å². The molecule has 1 aliphatic rings. The largest absolute Gasteiger partial charge is 0.391 e. The average molecular weight is 427 g/mol. The minimum Gasteiger partial charge on any atom is -0.391 e. The Hall–Kier alpha value is -2.58. The first-order chi connectivity index (χ1) is 14.9. The maximum Gasteiger partial charge on any atom is 0.273 e. The molecule has 1 saturated heterocycles. The second-order valence-corrected chi connectivity index (χ2v) is 8.05. The Morgan fingerprint density at radius 1 is 0.935 bits per heavy atom. The van der Waals surface area contributed by atoms with Crippen molar-refractivity contribution in [2.45, 2.75) is 45.0 Å². The minimum atomic E-state index is -0.976. The van der Waals surface area contributed by atoms with E-state index in [9.17, 15) is 14.7 Å². The summed E-state index contributed by atoms with van der Waals surface area (Å²) in [5.74, 6) is -1.24. The van der Waals surface area contributed by atoms with Crippen LogP contribution in [0.2, 0.25) is 0 Å². The van der Waals surface area contributed by atoms with E-state index in [4.69, 9.17) is 9.57 Å². The summed E-state index contributed by atoms with van der Waals surface area (Å²) in [4.78, 5) is 33.9. The number of nitrogens with zero attached hydrogens (tertiary/aromatic N) is 2. The number of rotatable bonds is 9. The molecule has 1 fully saturated rings. The number of ether oxygens (including phenoxy) is 1. The van der Waals surface area contributed by atoms with Crippen LogP contribution >= 0.6 is 0 Å². The number of benzene rings is 2. The molecule has 2 aromatic carbocycles. The van der Waals surface area contributed by atoms with E-state index in [1.54, 1.807) is 0 Å². The highest BCUT2D eigenvalue weighted by Gasteiger charge is 2.50. The Morgan fingerprint density at radius 2 is 1.52 bits per heavy atom. The van der Waals surface area contributed by atoms with Gasteiger partial charge in [-0.15, -0.1) is 5.06 Å². The van der Waals surface area contributed by atoms with Crippen LogP contribution in [-0.4, -0.2) is 59.0 Å². The Kier molecular flexibility index (Phi) is 7.92. The van der Waals surface area contributed by atoms with Gasteiger partial charge in [0, 0.05) is 13.7 Å². The van der Waals surface area contributed by atoms with Gasteiger partial charge in [0.2, 0.25) is 0 Å². The van der Waals surface area contributed by atoms with E-state index in [1.807, 2.05) is 79.4 Å². The van der Waals surface area contributed by atoms with E-state index in [2.05, 4.69) is 0 Å². The summed E-state index contributed by atoms with van der Waals surface area (Å²) in [5.41, 5.74) is 1.91. The van der Waals surface area contributed by atoms with Gasteiger partial charge >= 0.3 is 0 Å². The van der Waals surface area contributed by atoms with Crippen LogP contribution in [0.25, 0.3) is 0 Å². The smallest absolute Gasteiger partial charge is 0.273 e. The van der Waals surface area contributed by atoms with Crippen LogP contribution in [0.1, 0.15) is 25.0 Å². The minimum absolute atomic E-state index is 0.193. The van der Waals surface area contributed by atoms with Crippen LogP contribution in [-0.2, 0) is 32.1 Å². The Bertz CT molecular complexity index is 859. The molecule has 31 heavy (non-hydrogen) atoms. The van der Waals surface area contributed by atoms with Crippen LogP contribution in [0.15, 0.2) is 60.7 Å². The van der Waals surface area contributed by atoms with Gasteiger partial charge in [-0.1, -0.05) is 74.5 Å². The molecular weight excluding hydrogens is 396 g/mol. The van der Waals surface area contributed by atoms with Gasteiger partial charge in [-0.2, -0.15) is 0 Å². The van der Waals surface area contributed by atoms with Crippen LogP contribution in [0, 0.1) is 5.92 Å². The van der Waals surface area contributed by atoms with Crippen LogP contribution in [0.4, 0.5) is 0 Å². The predicted octanol–water partition coefficient (Wildman–Crippen LogP) is 2.39. The molecule has 3 atom stereocenters. The molecule has 0 spiro atoms. The fraction of sp³-hybridized carbons (Fsp3) is 0.417. The van der Waals surface area contributed by atoms with Crippen molar-refractivity contribution in [3.05, 3.63) is 71.8 Å². The van der Waals surface area contributed by atoms with Gasteiger partial charge in [0.25, 0.3) is 11.8 Å². The lowest BCUT2D eigenvalue weighted by Crippen LogP contribution is -2.68. The molecule has 0 aromatic heterocycles. The number of aliphatic hydroxyl groups is 1. The molecule has 2 amide bonds. The third-order valence-corrected chi connectivity index (χ3v) is 5.48. The molecule has 2 aromatic rings. The number of hydrogen-bond donors (Lipinski definition) is 1. The van der Waals surface area contributed by atoms with Gasteiger partial charge in [0.05, 0.1) is 12.1 Å². The highest BCUT2D eigenvalue weighted by molar-refractivity contribution is 6.02. The monoisotopic (exact) mass is 426 g/mol. The van der Waals surface area contributed by atoms with Crippen molar-refractivity contribution >= 4 is 11.8 Å². The fourth-order valence-electron chi connectivity index (χ4n) is 3.83. The Balaban J connectivity index is 2.03. The number of imide groups is 1. The van der Waals surface area contributed by atoms with Crippen LogP contribution in [0.5, 0.6) is 0 Å². The van der Waals surface area contributed by atoms with E-state index < -0.39 is 30.0 Å². The molecule has 0 unspecified atom stereocenters. The third-order valence-electron chi connectivity index (χ3n) is 5.48. The molecule has 0 saturated carbocycles. The molecule has 166 valence electrons. The summed E-state index contributed by atoms with van der Waals surface area (Å²) in [6.07, 6.45) is -0.593. The van der Waals surface area contributed by atoms with Gasteiger partial charge in [0.1, 0.15) is 6.04 Å². The van der Waals surface area contributed by atoms with E-state index in [0.29, 0.717) is 13.0 Å².